The lowest BCUT2D eigenvalue weighted by Gasteiger charge is -2.10. The Kier molecular flexibility index (Phi) is 5.84. The number of rotatable bonds is 5. The topological polar surface area (TPSA) is 64.6 Å². The van der Waals surface area contributed by atoms with Crippen molar-refractivity contribution in [1.29, 1.82) is 0 Å². The molecule has 120 valence electrons. The van der Waals surface area contributed by atoms with Gasteiger partial charge in [0.05, 0.1) is 28.4 Å². The van der Waals surface area contributed by atoms with Crippen LogP contribution in [0.25, 0.3) is 0 Å². The zero-order chi connectivity index (χ0) is 16.8. The lowest BCUT2D eigenvalue weighted by Crippen LogP contribution is -2.20. The van der Waals surface area contributed by atoms with Crippen LogP contribution in [-0.2, 0) is 9.53 Å². The minimum absolute atomic E-state index is 0.207. The molecule has 0 aliphatic heterocycles. The van der Waals surface area contributed by atoms with Crippen LogP contribution in [0, 0.1) is 0 Å². The maximum Gasteiger partial charge on any atom is 0.337 e. The summed E-state index contributed by atoms with van der Waals surface area (Å²) in [6.07, 6.45) is 0. The zero-order valence-electron chi connectivity index (χ0n) is 12.1. The Hall–Kier alpha value is -2.24. The van der Waals surface area contributed by atoms with E-state index in [-0.39, 0.29) is 23.3 Å². The number of benzene rings is 2. The number of halogens is 2. The Morgan fingerprint density at radius 1 is 1.09 bits per heavy atom. The second-order valence-corrected chi connectivity index (χ2v) is 5.27. The fourth-order valence-corrected chi connectivity index (χ4v) is 2.17. The molecule has 0 spiro atoms. The minimum Gasteiger partial charge on any atom is -0.482 e. The molecule has 0 atom stereocenters. The van der Waals surface area contributed by atoms with Gasteiger partial charge in [0.2, 0.25) is 0 Å². The Morgan fingerprint density at radius 3 is 2.48 bits per heavy atom. The van der Waals surface area contributed by atoms with E-state index in [1.165, 1.54) is 25.3 Å². The van der Waals surface area contributed by atoms with E-state index >= 15 is 0 Å². The van der Waals surface area contributed by atoms with E-state index in [0.29, 0.717) is 16.3 Å². The van der Waals surface area contributed by atoms with Gasteiger partial charge < -0.3 is 14.8 Å². The molecule has 23 heavy (non-hydrogen) atoms. The van der Waals surface area contributed by atoms with Crippen molar-refractivity contribution in [2.45, 2.75) is 0 Å². The fourth-order valence-electron chi connectivity index (χ4n) is 1.75. The third kappa shape index (κ3) is 4.61. The first kappa shape index (κ1) is 17.1. The van der Waals surface area contributed by atoms with E-state index in [4.69, 9.17) is 27.9 Å². The summed E-state index contributed by atoms with van der Waals surface area (Å²) in [6, 6.07) is 11.3. The summed E-state index contributed by atoms with van der Waals surface area (Å²) in [5, 5.41) is 3.26. The smallest absolute Gasteiger partial charge is 0.337 e. The van der Waals surface area contributed by atoms with Crippen LogP contribution in [0.3, 0.4) is 0 Å². The summed E-state index contributed by atoms with van der Waals surface area (Å²) in [4.78, 5) is 23.2. The minimum atomic E-state index is -0.505. The molecule has 0 radical (unpaired) electrons. The highest BCUT2D eigenvalue weighted by Gasteiger charge is 2.11. The van der Waals surface area contributed by atoms with Gasteiger partial charge in [-0.1, -0.05) is 35.3 Å². The first-order chi connectivity index (χ1) is 11.0. The standard InChI is InChI=1S/C16H13Cl2NO4/c1-22-16(21)10-6-7-14(12(18)8-10)23-9-15(20)19-13-5-3-2-4-11(13)17/h2-8H,9H2,1H3,(H,19,20). The summed E-state index contributed by atoms with van der Waals surface area (Å²) in [6.45, 7) is -0.248. The zero-order valence-corrected chi connectivity index (χ0v) is 13.6. The highest BCUT2D eigenvalue weighted by Crippen LogP contribution is 2.26. The van der Waals surface area contributed by atoms with Gasteiger partial charge in [0, 0.05) is 0 Å². The Bertz CT molecular complexity index is 734. The van der Waals surface area contributed by atoms with Crippen LogP contribution < -0.4 is 10.1 Å². The summed E-state index contributed by atoms with van der Waals surface area (Å²) in [7, 11) is 1.28. The number of hydrogen-bond donors (Lipinski definition) is 1. The predicted molar refractivity (Wildman–Crippen MR) is 88.4 cm³/mol. The largest absolute Gasteiger partial charge is 0.482 e. The van der Waals surface area contributed by atoms with Gasteiger partial charge in [-0.25, -0.2) is 4.79 Å². The van der Waals surface area contributed by atoms with Crippen LogP contribution in [-0.4, -0.2) is 25.6 Å². The summed E-state index contributed by atoms with van der Waals surface area (Å²) in [5.74, 6) is -0.602. The van der Waals surface area contributed by atoms with Gasteiger partial charge in [0.25, 0.3) is 5.91 Å². The lowest BCUT2D eigenvalue weighted by atomic mass is 10.2. The first-order valence-corrected chi connectivity index (χ1v) is 7.32. The van der Waals surface area contributed by atoms with Crippen LogP contribution in [0.1, 0.15) is 10.4 Å². The van der Waals surface area contributed by atoms with E-state index in [1.807, 2.05) is 0 Å². The number of carbonyl (C=O) groups is 2. The third-order valence-corrected chi connectivity index (χ3v) is 3.48. The van der Waals surface area contributed by atoms with Gasteiger partial charge in [-0.2, -0.15) is 0 Å². The van der Waals surface area contributed by atoms with Crippen LogP contribution in [0.15, 0.2) is 42.5 Å². The Morgan fingerprint density at radius 2 is 1.83 bits per heavy atom. The molecule has 0 bridgehead atoms. The average molecular weight is 354 g/mol. The quantitative estimate of drug-likeness (QED) is 0.830. The van der Waals surface area contributed by atoms with Crippen molar-refractivity contribution < 1.29 is 19.1 Å². The molecule has 0 saturated heterocycles. The van der Waals surface area contributed by atoms with E-state index in [1.54, 1.807) is 24.3 Å². The van der Waals surface area contributed by atoms with Gasteiger partial charge in [-0.3, -0.25) is 4.79 Å². The van der Waals surface area contributed by atoms with Gasteiger partial charge in [-0.15, -0.1) is 0 Å². The van der Waals surface area contributed by atoms with Gasteiger partial charge >= 0.3 is 5.97 Å². The highest BCUT2D eigenvalue weighted by atomic mass is 35.5. The molecule has 2 aromatic carbocycles. The Labute approximate surface area is 143 Å². The van der Waals surface area contributed by atoms with Crippen molar-refractivity contribution in [1.82, 2.24) is 0 Å². The van der Waals surface area contributed by atoms with Crippen molar-refractivity contribution in [3.05, 3.63) is 58.1 Å². The number of para-hydroxylation sites is 1. The number of anilines is 1. The van der Waals surface area contributed by atoms with Gasteiger partial charge in [0.15, 0.2) is 6.61 Å². The van der Waals surface area contributed by atoms with Crippen LogP contribution in [0.4, 0.5) is 5.69 Å². The third-order valence-electron chi connectivity index (χ3n) is 2.86. The summed E-state index contributed by atoms with van der Waals surface area (Å²) in [5.41, 5.74) is 0.792. The molecule has 0 unspecified atom stereocenters. The van der Waals surface area contributed by atoms with Crippen LogP contribution in [0.2, 0.25) is 10.0 Å². The monoisotopic (exact) mass is 353 g/mol. The number of nitrogens with one attached hydrogen (secondary N) is 1. The predicted octanol–water partition coefficient (Wildman–Crippen LogP) is 3.80. The van der Waals surface area contributed by atoms with Gasteiger partial charge in [-0.05, 0) is 30.3 Å². The van der Waals surface area contributed by atoms with E-state index in [9.17, 15) is 9.59 Å². The second-order valence-electron chi connectivity index (χ2n) is 4.45. The van der Waals surface area contributed by atoms with Crippen molar-refractivity contribution >= 4 is 40.8 Å². The molecule has 0 saturated carbocycles. The van der Waals surface area contributed by atoms with E-state index in [2.05, 4.69) is 10.1 Å². The van der Waals surface area contributed by atoms with Gasteiger partial charge in [0.1, 0.15) is 5.75 Å². The number of methoxy groups -OCH3 is 1. The molecule has 0 heterocycles. The molecular formula is C16H13Cl2NO4. The lowest BCUT2D eigenvalue weighted by molar-refractivity contribution is -0.118. The number of amides is 1. The second kappa shape index (κ2) is 7.85. The Balaban J connectivity index is 1.97. The summed E-state index contributed by atoms with van der Waals surface area (Å²) < 4.78 is 9.93. The van der Waals surface area contributed by atoms with Crippen molar-refractivity contribution in [3.63, 3.8) is 0 Å². The summed E-state index contributed by atoms with van der Waals surface area (Å²) >= 11 is 12.0. The number of esters is 1. The molecule has 2 rings (SSSR count). The molecule has 1 amide bonds. The fraction of sp³-hybridized carbons (Fsp3) is 0.125. The maximum absolute atomic E-state index is 11.9. The number of carbonyl (C=O) groups excluding carboxylic acids is 2. The molecule has 7 heteroatoms. The maximum atomic E-state index is 11.9. The van der Waals surface area contributed by atoms with E-state index in [0.717, 1.165) is 0 Å². The van der Waals surface area contributed by atoms with Crippen LogP contribution >= 0.6 is 23.2 Å². The molecule has 5 nitrogen and oxygen atoms in total. The molecule has 0 fully saturated rings. The highest BCUT2D eigenvalue weighted by molar-refractivity contribution is 6.33. The molecule has 0 aliphatic carbocycles. The molecule has 0 aromatic heterocycles. The normalized spacial score (nSPS) is 10.0. The molecular weight excluding hydrogens is 341 g/mol. The number of hydrogen-bond acceptors (Lipinski definition) is 4. The molecule has 0 aliphatic rings. The molecule has 2 aromatic rings. The van der Waals surface area contributed by atoms with Crippen LogP contribution in [0.5, 0.6) is 5.75 Å². The van der Waals surface area contributed by atoms with Crippen molar-refractivity contribution in [2.24, 2.45) is 0 Å². The SMILES string of the molecule is COC(=O)c1ccc(OCC(=O)Nc2ccccc2Cl)c(Cl)c1. The van der Waals surface area contributed by atoms with Crippen molar-refractivity contribution in [3.8, 4) is 5.75 Å². The molecule has 1 N–H and O–H groups in total. The first-order valence-electron chi connectivity index (χ1n) is 6.56. The van der Waals surface area contributed by atoms with Crippen molar-refractivity contribution in [2.75, 3.05) is 19.0 Å². The van der Waals surface area contributed by atoms with E-state index < -0.39 is 5.97 Å². The average Bonchev–Trinajstić information content (AvgIpc) is 2.55. The number of ether oxygens (including phenoxy) is 2.